The fourth-order valence-corrected chi connectivity index (χ4v) is 3.26. The molecule has 2 aromatic rings. The Kier molecular flexibility index (Phi) is 5.46. The first-order valence-corrected chi connectivity index (χ1v) is 8.84. The van der Waals surface area contributed by atoms with Crippen LogP contribution in [0.5, 0.6) is 0 Å². The third kappa shape index (κ3) is 3.99. The van der Waals surface area contributed by atoms with Gasteiger partial charge < -0.3 is 14.6 Å². The number of rotatable bonds is 4. The number of nitrogens with zero attached hydrogens (tertiary/aromatic N) is 3. The molecule has 2 aromatic heterocycles. The lowest BCUT2D eigenvalue weighted by Gasteiger charge is -2.31. The van der Waals surface area contributed by atoms with Gasteiger partial charge in [0, 0.05) is 37.8 Å². The van der Waals surface area contributed by atoms with E-state index in [1.54, 1.807) is 34.8 Å². The van der Waals surface area contributed by atoms with Crippen LogP contribution in [0.25, 0.3) is 6.08 Å². The normalized spacial score (nSPS) is 15.6. The molecule has 0 aromatic carbocycles. The van der Waals surface area contributed by atoms with Crippen LogP contribution in [0.4, 0.5) is 0 Å². The molecule has 1 fully saturated rings. The summed E-state index contributed by atoms with van der Waals surface area (Å²) in [5.41, 5.74) is 1.51. The minimum atomic E-state index is -0.180. The van der Waals surface area contributed by atoms with Crippen LogP contribution in [-0.2, 0) is 11.8 Å². The average Bonchev–Trinajstić information content (AvgIpc) is 3.23. The average molecular weight is 377 g/mol. The third-order valence-electron chi connectivity index (χ3n) is 4.46. The van der Waals surface area contributed by atoms with Gasteiger partial charge in [0.1, 0.15) is 5.15 Å². The molecule has 26 heavy (non-hydrogen) atoms. The van der Waals surface area contributed by atoms with Gasteiger partial charge in [0.2, 0.25) is 5.91 Å². The summed E-state index contributed by atoms with van der Waals surface area (Å²) in [7, 11) is 1.75. The summed E-state index contributed by atoms with van der Waals surface area (Å²) in [5.74, 6) is 0.0561. The number of aromatic nitrogens is 2. The molecule has 138 valence electrons. The standard InChI is InChI=1S/C18H21ClN4O3/c1-12-14(17(19)22(2)21-12)5-6-16(24)20-13-7-9-23(10-8-13)18(25)15-4-3-11-26-15/h3-6,11,13H,7-10H2,1-2H3,(H,20,24)/b6-5+. The lowest BCUT2D eigenvalue weighted by atomic mass is 10.0. The Balaban J connectivity index is 1.50. The Morgan fingerprint density at radius 2 is 2.12 bits per heavy atom. The predicted octanol–water partition coefficient (Wildman–Crippen LogP) is 2.41. The summed E-state index contributed by atoms with van der Waals surface area (Å²) in [6, 6.07) is 3.40. The molecule has 0 bridgehead atoms. The Bertz CT molecular complexity index is 818. The first-order valence-electron chi connectivity index (χ1n) is 8.46. The topological polar surface area (TPSA) is 80.4 Å². The van der Waals surface area contributed by atoms with Crippen molar-refractivity contribution in [3.63, 3.8) is 0 Å². The van der Waals surface area contributed by atoms with E-state index in [0.717, 1.165) is 11.3 Å². The summed E-state index contributed by atoms with van der Waals surface area (Å²) in [5, 5.41) is 7.67. The molecule has 0 saturated carbocycles. The fraction of sp³-hybridized carbons (Fsp3) is 0.389. The van der Waals surface area contributed by atoms with E-state index >= 15 is 0 Å². The van der Waals surface area contributed by atoms with E-state index < -0.39 is 0 Å². The van der Waals surface area contributed by atoms with Crippen LogP contribution in [0.3, 0.4) is 0 Å². The second-order valence-corrected chi connectivity index (χ2v) is 6.66. The zero-order valence-corrected chi connectivity index (χ0v) is 15.5. The van der Waals surface area contributed by atoms with Crippen LogP contribution in [0.1, 0.15) is 34.7 Å². The van der Waals surface area contributed by atoms with E-state index in [2.05, 4.69) is 10.4 Å². The Morgan fingerprint density at radius 1 is 1.38 bits per heavy atom. The van der Waals surface area contributed by atoms with Gasteiger partial charge in [-0.25, -0.2) is 0 Å². The summed E-state index contributed by atoms with van der Waals surface area (Å²) >= 11 is 6.15. The number of carbonyl (C=O) groups excluding carboxylic acids is 2. The van der Waals surface area contributed by atoms with E-state index in [1.807, 2.05) is 6.92 Å². The van der Waals surface area contributed by atoms with Gasteiger partial charge in [-0.1, -0.05) is 11.6 Å². The van der Waals surface area contributed by atoms with Crippen molar-refractivity contribution in [2.75, 3.05) is 13.1 Å². The molecular formula is C18H21ClN4O3. The minimum Gasteiger partial charge on any atom is -0.459 e. The number of nitrogens with one attached hydrogen (secondary N) is 1. The summed E-state index contributed by atoms with van der Waals surface area (Å²) in [6.07, 6.45) is 6.05. The van der Waals surface area contributed by atoms with Crippen molar-refractivity contribution in [1.29, 1.82) is 0 Å². The molecule has 0 atom stereocenters. The molecule has 1 saturated heterocycles. The van der Waals surface area contributed by atoms with E-state index in [-0.39, 0.29) is 17.9 Å². The van der Waals surface area contributed by atoms with E-state index in [1.165, 1.54) is 12.3 Å². The van der Waals surface area contributed by atoms with Crippen molar-refractivity contribution in [2.24, 2.45) is 7.05 Å². The van der Waals surface area contributed by atoms with Gasteiger partial charge in [-0.2, -0.15) is 5.10 Å². The predicted molar refractivity (Wildman–Crippen MR) is 97.8 cm³/mol. The number of aryl methyl sites for hydroxylation is 2. The largest absolute Gasteiger partial charge is 0.459 e. The molecule has 0 unspecified atom stereocenters. The van der Waals surface area contributed by atoms with Crippen LogP contribution in [0.2, 0.25) is 5.15 Å². The first kappa shape index (κ1) is 18.3. The highest BCUT2D eigenvalue weighted by atomic mass is 35.5. The van der Waals surface area contributed by atoms with Gasteiger partial charge in [-0.05, 0) is 38.0 Å². The van der Waals surface area contributed by atoms with Crippen LogP contribution < -0.4 is 5.32 Å². The maximum Gasteiger partial charge on any atom is 0.289 e. The van der Waals surface area contributed by atoms with E-state index in [0.29, 0.717) is 36.8 Å². The highest BCUT2D eigenvalue weighted by Crippen LogP contribution is 2.20. The number of likely N-dealkylation sites (tertiary alicyclic amines) is 1. The molecule has 0 spiro atoms. The zero-order valence-electron chi connectivity index (χ0n) is 14.7. The smallest absolute Gasteiger partial charge is 0.289 e. The van der Waals surface area contributed by atoms with Gasteiger partial charge in [0.15, 0.2) is 5.76 Å². The molecule has 1 aliphatic heterocycles. The number of furan rings is 1. The number of halogens is 1. The van der Waals surface area contributed by atoms with Crippen LogP contribution in [-0.4, -0.2) is 45.6 Å². The van der Waals surface area contributed by atoms with Crippen LogP contribution >= 0.6 is 11.6 Å². The Hall–Kier alpha value is -2.54. The van der Waals surface area contributed by atoms with Gasteiger partial charge in [0.25, 0.3) is 5.91 Å². The molecule has 2 amide bonds. The summed E-state index contributed by atoms with van der Waals surface area (Å²) in [6.45, 7) is 3.01. The van der Waals surface area contributed by atoms with E-state index in [9.17, 15) is 9.59 Å². The van der Waals surface area contributed by atoms with Crippen LogP contribution in [0.15, 0.2) is 28.9 Å². The maximum absolute atomic E-state index is 12.2. The lowest BCUT2D eigenvalue weighted by molar-refractivity contribution is -0.117. The van der Waals surface area contributed by atoms with Crippen molar-refractivity contribution < 1.29 is 14.0 Å². The second kappa shape index (κ2) is 7.78. The fourth-order valence-electron chi connectivity index (χ4n) is 3.03. The van der Waals surface area contributed by atoms with Gasteiger partial charge >= 0.3 is 0 Å². The summed E-state index contributed by atoms with van der Waals surface area (Å²) < 4.78 is 6.72. The highest BCUT2D eigenvalue weighted by Gasteiger charge is 2.25. The number of carbonyl (C=O) groups is 2. The van der Waals surface area contributed by atoms with E-state index in [4.69, 9.17) is 16.0 Å². The molecule has 3 rings (SSSR count). The van der Waals surface area contributed by atoms with Crippen LogP contribution in [0, 0.1) is 6.92 Å². The van der Waals surface area contributed by atoms with Crippen molar-refractivity contribution in [3.8, 4) is 0 Å². The van der Waals surface area contributed by atoms with Gasteiger partial charge in [-0.15, -0.1) is 0 Å². The van der Waals surface area contributed by atoms with Gasteiger partial charge in [0.05, 0.1) is 12.0 Å². The minimum absolute atomic E-state index is 0.0401. The molecule has 1 aliphatic rings. The number of amides is 2. The molecule has 8 heteroatoms. The monoisotopic (exact) mass is 376 g/mol. The van der Waals surface area contributed by atoms with Crippen molar-refractivity contribution in [2.45, 2.75) is 25.8 Å². The molecule has 1 N–H and O–H groups in total. The van der Waals surface area contributed by atoms with Crippen molar-refractivity contribution in [3.05, 3.63) is 46.6 Å². The maximum atomic E-state index is 12.2. The molecular weight excluding hydrogens is 356 g/mol. The highest BCUT2D eigenvalue weighted by molar-refractivity contribution is 6.31. The lowest BCUT2D eigenvalue weighted by Crippen LogP contribution is -2.46. The molecule has 7 nitrogen and oxygen atoms in total. The Labute approximate surface area is 156 Å². The quantitative estimate of drug-likeness (QED) is 0.831. The Morgan fingerprint density at radius 3 is 2.69 bits per heavy atom. The third-order valence-corrected chi connectivity index (χ3v) is 4.91. The number of hydrogen-bond donors (Lipinski definition) is 1. The van der Waals surface area contributed by atoms with Gasteiger partial charge in [-0.3, -0.25) is 14.3 Å². The molecule has 3 heterocycles. The molecule has 0 radical (unpaired) electrons. The first-order chi connectivity index (χ1) is 12.5. The second-order valence-electron chi connectivity index (χ2n) is 6.30. The number of piperidine rings is 1. The SMILES string of the molecule is Cc1nn(C)c(Cl)c1/C=C/C(=O)NC1CCN(C(=O)c2ccco2)CC1. The molecule has 0 aliphatic carbocycles. The van der Waals surface area contributed by atoms with Crippen molar-refractivity contribution in [1.82, 2.24) is 20.0 Å². The number of hydrogen-bond acceptors (Lipinski definition) is 4. The van der Waals surface area contributed by atoms with Crippen molar-refractivity contribution >= 4 is 29.5 Å². The summed E-state index contributed by atoms with van der Waals surface area (Å²) in [4.78, 5) is 26.1. The zero-order chi connectivity index (χ0) is 18.7.